The summed E-state index contributed by atoms with van der Waals surface area (Å²) in [4.78, 5) is 0. The highest BCUT2D eigenvalue weighted by atomic mass is 79.9. The van der Waals surface area contributed by atoms with E-state index in [1.807, 2.05) is 0 Å². The number of nitrogens with one attached hydrogen (secondary N) is 1. The topological polar surface area (TPSA) is 59.1 Å². The van der Waals surface area contributed by atoms with E-state index in [0.717, 1.165) is 0 Å². The SMILES string of the molecule is N=C(N)c1ccc(OCc2cc(F)cc(Br)c2)c(Cl)c1. The largest absolute Gasteiger partial charge is 0.487 e. The molecule has 2 aromatic carbocycles. The van der Waals surface area contributed by atoms with Gasteiger partial charge in [-0.2, -0.15) is 0 Å². The molecule has 0 saturated heterocycles. The van der Waals surface area contributed by atoms with Gasteiger partial charge >= 0.3 is 0 Å². The summed E-state index contributed by atoms with van der Waals surface area (Å²) in [5.74, 6) is 0.0561. The molecule has 2 aromatic rings. The highest BCUT2D eigenvalue weighted by Crippen LogP contribution is 2.26. The van der Waals surface area contributed by atoms with Crippen molar-refractivity contribution in [2.24, 2.45) is 5.73 Å². The number of hydrogen-bond acceptors (Lipinski definition) is 2. The van der Waals surface area contributed by atoms with E-state index < -0.39 is 0 Å². The standard InChI is InChI=1S/C14H11BrClFN2O/c15-10-3-8(4-11(17)6-10)7-20-13-2-1-9(14(18)19)5-12(13)16/h1-6H,7H2,(H3,18,19). The van der Waals surface area contributed by atoms with Crippen LogP contribution >= 0.6 is 27.5 Å². The fourth-order valence-corrected chi connectivity index (χ4v) is 2.39. The predicted octanol–water partition coefficient (Wildman–Crippen LogP) is 4.10. The molecule has 104 valence electrons. The van der Waals surface area contributed by atoms with Crippen LogP contribution in [0.1, 0.15) is 11.1 Å². The van der Waals surface area contributed by atoms with Crippen LogP contribution in [0.4, 0.5) is 4.39 Å². The molecule has 20 heavy (non-hydrogen) atoms. The molecule has 0 fully saturated rings. The normalized spacial score (nSPS) is 10.3. The molecular formula is C14H11BrClFN2O. The van der Waals surface area contributed by atoms with Crippen LogP contribution in [0.25, 0.3) is 0 Å². The minimum Gasteiger partial charge on any atom is -0.487 e. The highest BCUT2D eigenvalue weighted by molar-refractivity contribution is 9.10. The molecule has 0 aromatic heterocycles. The third-order valence-corrected chi connectivity index (χ3v) is 3.31. The molecule has 0 saturated carbocycles. The Hall–Kier alpha value is -1.59. The van der Waals surface area contributed by atoms with Crippen LogP contribution in [0.3, 0.4) is 0 Å². The number of nitrogens with two attached hydrogens (primary N) is 1. The number of ether oxygens (including phenoxy) is 1. The number of rotatable bonds is 4. The number of amidine groups is 1. The maximum atomic E-state index is 13.2. The molecule has 0 heterocycles. The molecule has 2 rings (SSSR count). The summed E-state index contributed by atoms with van der Waals surface area (Å²) in [6.45, 7) is 0.190. The first-order chi connectivity index (χ1) is 9.45. The molecule has 0 atom stereocenters. The van der Waals surface area contributed by atoms with Gasteiger partial charge in [0.25, 0.3) is 0 Å². The molecule has 0 radical (unpaired) electrons. The monoisotopic (exact) mass is 356 g/mol. The fraction of sp³-hybridized carbons (Fsp3) is 0.0714. The first-order valence-electron chi connectivity index (χ1n) is 5.67. The van der Waals surface area contributed by atoms with Gasteiger partial charge in [0.2, 0.25) is 0 Å². The molecule has 0 unspecified atom stereocenters. The Balaban J connectivity index is 2.12. The van der Waals surface area contributed by atoms with Gasteiger partial charge in [-0.1, -0.05) is 27.5 Å². The van der Waals surface area contributed by atoms with Gasteiger partial charge in [-0.05, 0) is 42.0 Å². The van der Waals surface area contributed by atoms with E-state index in [0.29, 0.717) is 26.4 Å². The molecule has 0 bridgehead atoms. The molecule has 3 nitrogen and oxygen atoms in total. The van der Waals surface area contributed by atoms with Crippen molar-refractivity contribution in [2.45, 2.75) is 6.61 Å². The maximum Gasteiger partial charge on any atom is 0.138 e. The number of halogens is 3. The lowest BCUT2D eigenvalue weighted by molar-refractivity contribution is 0.305. The van der Waals surface area contributed by atoms with Crippen LogP contribution in [0.5, 0.6) is 5.75 Å². The summed E-state index contributed by atoms with van der Waals surface area (Å²) < 4.78 is 19.4. The smallest absolute Gasteiger partial charge is 0.138 e. The van der Waals surface area contributed by atoms with E-state index in [4.69, 9.17) is 27.5 Å². The third-order valence-electron chi connectivity index (χ3n) is 2.56. The summed E-state index contributed by atoms with van der Waals surface area (Å²) >= 11 is 9.26. The first-order valence-corrected chi connectivity index (χ1v) is 6.84. The van der Waals surface area contributed by atoms with Crippen LogP contribution in [0.2, 0.25) is 5.02 Å². The lowest BCUT2D eigenvalue weighted by atomic mass is 10.2. The van der Waals surface area contributed by atoms with Gasteiger partial charge in [0.1, 0.15) is 24.0 Å². The zero-order chi connectivity index (χ0) is 14.7. The molecule has 0 aliphatic carbocycles. The summed E-state index contributed by atoms with van der Waals surface area (Å²) in [6.07, 6.45) is 0. The zero-order valence-electron chi connectivity index (χ0n) is 10.3. The van der Waals surface area contributed by atoms with Crippen molar-refractivity contribution >= 4 is 33.4 Å². The average molecular weight is 358 g/mol. The second kappa shape index (κ2) is 6.24. The van der Waals surface area contributed by atoms with E-state index in [9.17, 15) is 4.39 Å². The van der Waals surface area contributed by atoms with Crippen molar-refractivity contribution in [1.29, 1.82) is 5.41 Å². The second-order valence-electron chi connectivity index (χ2n) is 4.13. The zero-order valence-corrected chi connectivity index (χ0v) is 12.6. The molecule has 6 heteroatoms. The van der Waals surface area contributed by atoms with Crippen LogP contribution in [0.15, 0.2) is 40.9 Å². The van der Waals surface area contributed by atoms with Crippen molar-refractivity contribution in [2.75, 3.05) is 0 Å². The van der Waals surface area contributed by atoms with Gasteiger partial charge in [-0.25, -0.2) is 4.39 Å². The van der Waals surface area contributed by atoms with Crippen LogP contribution < -0.4 is 10.5 Å². The lowest BCUT2D eigenvalue weighted by Crippen LogP contribution is -2.10. The van der Waals surface area contributed by atoms with Gasteiger partial charge in [-0.3, -0.25) is 5.41 Å². The number of benzene rings is 2. The van der Waals surface area contributed by atoms with Crippen molar-refractivity contribution in [3.63, 3.8) is 0 Å². The summed E-state index contributed by atoms with van der Waals surface area (Å²) in [5, 5.41) is 7.67. The molecule has 0 amide bonds. The van der Waals surface area contributed by atoms with Crippen molar-refractivity contribution < 1.29 is 9.13 Å². The van der Waals surface area contributed by atoms with Crippen molar-refractivity contribution in [3.05, 3.63) is 62.8 Å². The first kappa shape index (κ1) is 14.8. The summed E-state index contributed by atoms with van der Waals surface area (Å²) in [6, 6.07) is 9.36. The summed E-state index contributed by atoms with van der Waals surface area (Å²) in [7, 11) is 0. The lowest BCUT2D eigenvalue weighted by Gasteiger charge is -2.09. The maximum absolute atomic E-state index is 13.2. The van der Waals surface area contributed by atoms with Crippen LogP contribution in [-0.2, 0) is 6.61 Å². The molecule has 0 aliphatic rings. The van der Waals surface area contributed by atoms with E-state index in [1.54, 1.807) is 24.3 Å². The number of nitrogen functional groups attached to an aromatic ring is 1. The average Bonchev–Trinajstić information content (AvgIpc) is 2.36. The third kappa shape index (κ3) is 3.71. The van der Waals surface area contributed by atoms with Crippen molar-refractivity contribution in [1.82, 2.24) is 0 Å². The Labute approximate surface area is 129 Å². The van der Waals surface area contributed by atoms with E-state index in [-0.39, 0.29) is 18.3 Å². The Bertz CT molecular complexity index is 643. The van der Waals surface area contributed by atoms with E-state index >= 15 is 0 Å². The number of hydrogen-bond donors (Lipinski definition) is 2. The Morgan fingerprint density at radius 2 is 2.05 bits per heavy atom. The Morgan fingerprint density at radius 1 is 1.30 bits per heavy atom. The van der Waals surface area contributed by atoms with Gasteiger partial charge in [0.05, 0.1) is 5.02 Å². The quantitative estimate of drug-likeness (QED) is 0.639. The van der Waals surface area contributed by atoms with E-state index in [2.05, 4.69) is 15.9 Å². The Kier molecular flexibility index (Phi) is 4.62. The van der Waals surface area contributed by atoms with Gasteiger partial charge in [0.15, 0.2) is 0 Å². The molecule has 3 N–H and O–H groups in total. The van der Waals surface area contributed by atoms with Crippen LogP contribution in [-0.4, -0.2) is 5.84 Å². The minimum atomic E-state index is -0.337. The highest BCUT2D eigenvalue weighted by Gasteiger charge is 2.06. The molecular weight excluding hydrogens is 347 g/mol. The summed E-state index contributed by atoms with van der Waals surface area (Å²) in [5.41, 5.74) is 6.58. The van der Waals surface area contributed by atoms with Gasteiger partial charge < -0.3 is 10.5 Å². The van der Waals surface area contributed by atoms with E-state index in [1.165, 1.54) is 12.1 Å². The fourth-order valence-electron chi connectivity index (χ4n) is 1.64. The second-order valence-corrected chi connectivity index (χ2v) is 5.45. The van der Waals surface area contributed by atoms with Crippen LogP contribution in [0, 0.1) is 11.2 Å². The Morgan fingerprint density at radius 3 is 2.65 bits per heavy atom. The van der Waals surface area contributed by atoms with Crippen molar-refractivity contribution in [3.8, 4) is 5.75 Å². The van der Waals surface area contributed by atoms with Gasteiger partial charge in [0, 0.05) is 10.0 Å². The van der Waals surface area contributed by atoms with Gasteiger partial charge in [-0.15, -0.1) is 0 Å². The molecule has 0 spiro atoms. The minimum absolute atomic E-state index is 0.0625. The predicted molar refractivity (Wildman–Crippen MR) is 80.9 cm³/mol. The molecule has 0 aliphatic heterocycles.